The standard InChI is InChI=1S/C24H24N4O4/c1-5-32-23-21-20(17-8-7-16(12-26)11-18(17)31-4)19(24(29)30)15(3)28(10-6-9-25)22(21)14(2)13-27-23/h7-8,11,13,20H,5-6,10H2,1-4H3,(H,29,30). The molecule has 0 amide bonds. The maximum absolute atomic E-state index is 12.6. The predicted molar refractivity (Wildman–Crippen MR) is 118 cm³/mol. The number of hydrogen-bond donors (Lipinski definition) is 1. The van der Waals surface area contributed by atoms with Crippen molar-refractivity contribution >= 4 is 11.7 Å². The SMILES string of the molecule is CCOc1ncc(C)c2c1C(c1ccc(C#N)cc1OC)C(C(=O)O)=C(C)N2CCC#N. The number of pyridine rings is 1. The number of rotatable bonds is 7. The van der Waals surface area contributed by atoms with Crippen molar-refractivity contribution in [1.29, 1.82) is 10.5 Å². The van der Waals surface area contributed by atoms with Gasteiger partial charge in [-0.15, -0.1) is 0 Å². The molecule has 1 aliphatic heterocycles. The summed E-state index contributed by atoms with van der Waals surface area (Å²) in [6.07, 6.45) is 1.91. The van der Waals surface area contributed by atoms with E-state index in [2.05, 4.69) is 17.1 Å². The minimum absolute atomic E-state index is 0.145. The van der Waals surface area contributed by atoms with Crippen LogP contribution in [0.1, 0.15) is 48.4 Å². The Morgan fingerprint density at radius 2 is 2.06 bits per heavy atom. The number of aryl methyl sites for hydroxylation is 1. The van der Waals surface area contributed by atoms with Crippen LogP contribution in [-0.2, 0) is 4.79 Å². The number of hydrogen-bond acceptors (Lipinski definition) is 7. The van der Waals surface area contributed by atoms with Gasteiger partial charge in [0.05, 0.1) is 60.6 Å². The molecular formula is C24H24N4O4. The molecule has 1 unspecified atom stereocenters. The van der Waals surface area contributed by atoms with Crippen LogP contribution >= 0.6 is 0 Å². The minimum Gasteiger partial charge on any atom is -0.496 e. The summed E-state index contributed by atoms with van der Waals surface area (Å²) in [7, 11) is 1.48. The molecule has 1 aromatic heterocycles. The fourth-order valence-corrected chi connectivity index (χ4v) is 4.19. The molecule has 1 atom stereocenters. The Bertz CT molecular complexity index is 1170. The number of carboxylic acids is 1. The molecule has 0 aliphatic carbocycles. The van der Waals surface area contributed by atoms with Crippen molar-refractivity contribution in [2.45, 2.75) is 33.1 Å². The lowest BCUT2D eigenvalue weighted by atomic mass is 9.79. The molecule has 1 aliphatic rings. The molecule has 0 bridgehead atoms. The van der Waals surface area contributed by atoms with Gasteiger partial charge in [0, 0.05) is 24.0 Å². The number of aliphatic carboxylic acids is 1. The number of allylic oxidation sites excluding steroid dienone is 1. The third-order valence-corrected chi connectivity index (χ3v) is 5.51. The predicted octanol–water partition coefficient (Wildman–Crippen LogP) is 3.89. The molecule has 8 heteroatoms. The summed E-state index contributed by atoms with van der Waals surface area (Å²) < 4.78 is 11.4. The highest BCUT2D eigenvalue weighted by Gasteiger charge is 2.40. The highest BCUT2D eigenvalue weighted by Crippen LogP contribution is 2.51. The lowest BCUT2D eigenvalue weighted by molar-refractivity contribution is -0.133. The highest BCUT2D eigenvalue weighted by molar-refractivity contribution is 5.94. The molecule has 0 saturated carbocycles. The Morgan fingerprint density at radius 1 is 1.31 bits per heavy atom. The zero-order chi connectivity index (χ0) is 23.4. The summed E-state index contributed by atoms with van der Waals surface area (Å²) in [4.78, 5) is 18.9. The molecule has 0 fully saturated rings. The van der Waals surface area contributed by atoms with E-state index in [9.17, 15) is 20.4 Å². The maximum Gasteiger partial charge on any atom is 0.334 e. The van der Waals surface area contributed by atoms with E-state index in [0.29, 0.717) is 47.2 Å². The number of nitrogens with zero attached hydrogens (tertiary/aromatic N) is 4. The lowest BCUT2D eigenvalue weighted by Gasteiger charge is -2.38. The van der Waals surface area contributed by atoms with Crippen LogP contribution in [0.3, 0.4) is 0 Å². The Labute approximate surface area is 186 Å². The quantitative estimate of drug-likeness (QED) is 0.700. The number of benzene rings is 1. The molecule has 2 aromatic rings. The van der Waals surface area contributed by atoms with Crippen LogP contribution < -0.4 is 14.4 Å². The Balaban J connectivity index is 2.43. The van der Waals surface area contributed by atoms with Crippen LogP contribution in [0.5, 0.6) is 11.6 Å². The molecule has 1 N–H and O–H groups in total. The molecule has 1 aromatic carbocycles. The summed E-state index contributed by atoms with van der Waals surface area (Å²) >= 11 is 0. The molecule has 32 heavy (non-hydrogen) atoms. The van der Waals surface area contributed by atoms with E-state index in [0.717, 1.165) is 11.3 Å². The first-order chi connectivity index (χ1) is 15.4. The fraction of sp³-hybridized carbons (Fsp3) is 0.333. The summed E-state index contributed by atoms with van der Waals surface area (Å²) in [5.41, 5.74) is 3.90. The van der Waals surface area contributed by atoms with Gasteiger partial charge in [0.25, 0.3) is 0 Å². The van der Waals surface area contributed by atoms with Crippen LogP contribution in [0.4, 0.5) is 5.69 Å². The molecule has 2 heterocycles. The van der Waals surface area contributed by atoms with E-state index in [1.165, 1.54) is 7.11 Å². The average Bonchev–Trinajstić information content (AvgIpc) is 2.79. The van der Waals surface area contributed by atoms with Gasteiger partial charge >= 0.3 is 5.97 Å². The van der Waals surface area contributed by atoms with Gasteiger partial charge in [0.1, 0.15) is 5.75 Å². The highest BCUT2D eigenvalue weighted by atomic mass is 16.5. The zero-order valence-electron chi connectivity index (χ0n) is 18.5. The van der Waals surface area contributed by atoms with E-state index in [4.69, 9.17) is 9.47 Å². The molecule has 164 valence electrons. The van der Waals surface area contributed by atoms with Crippen molar-refractivity contribution in [2.75, 3.05) is 25.2 Å². The summed E-state index contributed by atoms with van der Waals surface area (Å²) in [6.45, 7) is 6.16. The smallest absolute Gasteiger partial charge is 0.334 e. The van der Waals surface area contributed by atoms with Crippen molar-refractivity contribution in [1.82, 2.24) is 4.98 Å². The maximum atomic E-state index is 12.6. The van der Waals surface area contributed by atoms with Crippen molar-refractivity contribution in [2.24, 2.45) is 0 Å². The molecule has 0 radical (unpaired) electrons. The van der Waals surface area contributed by atoms with Gasteiger partial charge in [-0.2, -0.15) is 10.5 Å². The van der Waals surface area contributed by atoms with Crippen LogP contribution in [0.25, 0.3) is 0 Å². The Hall–Kier alpha value is -4.04. The average molecular weight is 432 g/mol. The van der Waals surface area contributed by atoms with Crippen molar-refractivity contribution in [3.63, 3.8) is 0 Å². The number of aromatic nitrogens is 1. The second kappa shape index (κ2) is 9.40. The molecule has 0 spiro atoms. The first-order valence-corrected chi connectivity index (χ1v) is 10.2. The topological polar surface area (TPSA) is 119 Å². The van der Waals surface area contributed by atoms with Gasteiger partial charge in [0.15, 0.2) is 0 Å². The monoisotopic (exact) mass is 432 g/mol. The van der Waals surface area contributed by atoms with E-state index < -0.39 is 11.9 Å². The molecular weight excluding hydrogens is 408 g/mol. The third kappa shape index (κ3) is 3.83. The number of anilines is 1. The number of carboxylic acid groups (broad SMARTS) is 1. The molecule has 0 saturated heterocycles. The molecule has 3 rings (SSSR count). The van der Waals surface area contributed by atoms with Gasteiger partial charge in [-0.25, -0.2) is 9.78 Å². The minimum atomic E-state index is -1.09. The van der Waals surface area contributed by atoms with Crippen LogP contribution in [0.2, 0.25) is 0 Å². The van der Waals surface area contributed by atoms with Crippen molar-refractivity contribution in [3.05, 3.63) is 57.9 Å². The van der Waals surface area contributed by atoms with Gasteiger partial charge < -0.3 is 19.5 Å². The van der Waals surface area contributed by atoms with E-state index in [1.54, 1.807) is 31.3 Å². The van der Waals surface area contributed by atoms with Gasteiger partial charge in [-0.3, -0.25) is 0 Å². The number of ether oxygens (including phenoxy) is 2. The molecule has 8 nitrogen and oxygen atoms in total. The van der Waals surface area contributed by atoms with Crippen molar-refractivity contribution < 1.29 is 19.4 Å². The van der Waals surface area contributed by atoms with Crippen molar-refractivity contribution in [3.8, 4) is 23.8 Å². The van der Waals surface area contributed by atoms with Gasteiger partial charge in [-0.05, 0) is 38.5 Å². The number of methoxy groups -OCH3 is 1. The second-order valence-corrected chi connectivity index (χ2v) is 7.31. The summed E-state index contributed by atoms with van der Waals surface area (Å²) in [5.74, 6) is -1.09. The van der Waals surface area contributed by atoms with Crippen LogP contribution in [-0.4, -0.2) is 36.3 Å². The van der Waals surface area contributed by atoms with Gasteiger partial charge in [-0.1, -0.05) is 6.07 Å². The van der Waals surface area contributed by atoms with Gasteiger partial charge in [0.2, 0.25) is 5.88 Å². The summed E-state index contributed by atoms with van der Waals surface area (Å²) in [5, 5.41) is 28.7. The van der Waals surface area contributed by atoms with Crippen LogP contribution in [0.15, 0.2) is 35.7 Å². The Morgan fingerprint density at radius 3 is 2.66 bits per heavy atom. The van der Waals surface area contributed by atoms with E-state index in [-0.39, 0.29) is 12.0 Å². The van der Waals surface area contributed by atoms with E-state index in [1.807, 2.05) is 18.7 Å². The zero-order valence-corrected chi connectivity index (χ0v) is 18.5. The van der Waals surface area contributed by atoms with Crippen LogP contribution in [0, 0.1) is 29.6 Å². The number of fused-ring (bicyclic) bond motifs is 1. The largest absolute Gasteiger partial charge is 0.496 e. The second-order valence-electron chi connectivity index (χ2n) is 7.31. The number of carbonyl (C=O) groups is 1. The Kier molecular flexibility index (Phi) is 6.65. The van der Waals surface area contributed by atoms with E-state index >= 15 is 0 Å². The first-order valence-electron chi connectivity index (χ1n) is 10.2. The first kappa shape index (κ1) is 22.6. The normalized spacial score (nSPS) is 14.9. The fourth-order valence-electron chi connectivity index (χ4n) is 4.19. The third-order valence-electron chi connectivity index (χ3n) is 5.51. The lowest BCUT2D eigenvalue weighted by Crippen LogP contribution is -2.34. The number of nitriles is 2. The summed E-state index contributed by atoms with van der Waals surface area (Å²) in [6, 6.07) is 9.16.